The average Bonchev–Trinajstić information content (AvgIpc) is 3.15. The van der Waals surface area contributed by atoms with E-state index in [0.717, 1.165) is 29.9 Å². The molecule has 0 aliphatic rings. The fraction of sp³-hybridized carbons (Fsp3) is 0.417. The molecule has 3 aromatic rings. The molecule has 33 heavy (non-hydrogen) atoms. The van der Waals surface area contributed by atoms with Crippen molar-refractivity contribution in [1.29, 1.82) is 0 Å². The third kappa shape index (κ3) is 5.78. The summed E-state index contributed by atoms with van der Waals surface area (Å²) in [7, 11) is -3.57. The van der Waals surface area contributed by atoms with Gasteiger partial charge in [-0.1, -0.05) is 32.9 Å². The number of sulfonamides is 1. The molecule has 0 aliphatic carbocycles. The summed E-state index contributed by atoms with van der Waals surface area (Å²) in [5.74, 6) is 0.313. The van der Waals surface area contributed by atoms with Crippen LogP contribution in [0.2, 0.25) is 0 Å². The highest BCUT2D eigenvalue weighted by Gasteiger charge is 2.23. The summed E-state index contributed by atoms with van der Waals surface area (Å²) in [4.78, 5) is 17.3. The number of halogens is 1. The molecule has 0 saturated carbocycles. The largest absolute Gasteiger partial charge is 0.352 e. The molecule has 3 rings (SSSR count). The maximum Gasteiger partial charge on any atom is 0.243 e. The molecule has 178 valence electrons. The number of fused-ring (bicyclic) bond motifs is 1. The predicted octanol–water partition coefficient (Wildman–Crippen LogP) is 3.86. The number of carbonyl (C=O) groups is 1. The normalized spacial score (nSPS) is 11.9. The lowest BCUT2D eigenvalue weighted by atomic mass is 10.2. The Labute approximate surface area is 194 Å². The summed E-state index contributed by atoms with van der Waals surface area (Å²) < 4.78 is 42.3. The molecule has 1 aromatic heterocycles. The second-order valence-electron chi connectivity index (χ2n) is 7.82. The number of benzene rings is 2. The van der Waals surface area contributed by atoms with E-state index in [-0.39, 0.29) is 23.0 Å². The maximum atomic E-state index is 13.0. The van der Waals surface area contributed by atoms with Crippen molar-refractivity contribution in [2.24, 2.45) is 0 Å². The van der Waals surface area contributed by atoms with Crippen LogP contribution >= 0.6 is 0 Å². The predicted molar refractivity (Wildman–Crippen MR) is 127 cm³/mol. The molecule has 0 unspecified atom stereocenters. The first kappa shape index (κ1) is 24.9. The SMILES string of the molecule is CCCn1c(CCC(=O)NCc2ccc(F)cc2)nc2cc(S(=O)(=O)N(CC)CC)ccc21. The number of aryl methyl sites for hydroxylation is 2. The lowest BCUT2D eigenvalue weighted by Gasteiger charge is -2.18. The van der Waals surface area contributed by atoms with E-state index in [0.29, 0.717) is 31.6 Å². The van der Waals surface area contributed by atoms with Gasteiger partial charge in [-0.2, -0.15) is 4.31 Å². The molecule has 1 amide bonds. The number of nitrogens with zero attached hydrogens (tertiary/aromatic N) is 3. The lowest BCUT2D eigenvalue weighted by molar-refractivity contribution is -0.121. The summed E-state index contributed by atoms with van der Waals surface area (Å²) in [6, 6.07) is 11.1. The highest BCUT2D eigenvalue weighted by molar-refractivity contribution is 7.89. The third-order valence-corrected chi connectivity index (χ3v) is 7.61. The van der Waals surface area contributed by atoms with Gasteiger partial charge in [0, 0.05) is 39.0 Å². The zero-order valence-corrected chi connectivity index (χ0v) is 20.2. The molecule has 0 aliphatic heterocycles. The molecular formula is C24H31FN4O3S. The van der Waals surface area contributed by atoms with Gasteiger partial charge in [-0.25, -0.2) is 17.8 Å². The molecule has 0 bridgehead atoms. The number of hydrogen-bond donors (Lipinski definition) is 1. The van der Waals surface area contributed by atoms with E-state index in [1.807, 2.05) is 13.8 Å². The van der Waals surface area contributed by atoms with Crippen LogP contribution in [0.3, 0.4) is 0 Å². The van der Waals surface area contributed by atoms with Crippen LogP contribution in [0.15, 0.2) is 47.4 Å². The summed E-state index contributed by atoms with van der Waals surface area (Å²) in [6.07, 6.45) is 1.57. The quantitative estimate of drug-likeness (QED) is 0.457. The van der Waals surface area contributed by atoms with Gasteiger partial charge in [-0.3, -0.25) is 4.79 Å². The van der Waals surface area contributed by atoms with Crippen LogP contribution in [0, 0.1) is 5.82 Å². The van der Waals surface area contributed by atoms with E-state index in [4.69, 9.17) is 0 Å². The van der Waals surface area contributed by atoms with Crippen LogP contribution in [-0.2, 0) is 34.3 Å². The van der Waals surface area contributed by atoms with Crippen molar-refractivity contribution < 1.29 is 17.6 Å². The zero-order valence-electron chi connectivity index (χ0n) is 19.3. The topological polar surface area (TPSA) is 84.3 Å². The standard InChI is InChI=1S/C24H31FN4O3S/c1-4-15-29-22-12-11-20(33(31,32)28(5-2)6-3)16-21(22)27-23(29)13-14-24(30)26-17-18-7-9-19(25)10-8-18/h7-12,16H,4-6,13-15,17H2,1-3H3,(H,26,30). The Balaban J connectivity index is 1.76. The minimum atomic E-state index is -3.57. The number of carbonyl (C=O) groups excluding carboxylic acids is 1. The first-order valence-electron chi connectivity index (χ1n) is 11.3. The van der Waals surface area contributed by atoms with Crippen LogP contribution in [0.25, 0.3) is 11.0 Å². The summed E-state index contributed by atoms with van der Waals surface area (Å²) in [5.41, 5.74) is 2.29. The Kier molecular flexibility index (Phi) is 8.20. The molecule has 9 heteroatoms. The van der Waals surface area contributed by atoms with Crippen LogP contribution in [-0.4, -0.2) is 41.3 Å². The molecule has 0 saturated heterocycles. The highest BCUT2D eigenvalue weighted by atomic mass is 32.2. The monoisotopic (exact) mass is 474 g/mol. The zero-order chi connectivity index (χ0) is 24.0. The smallest absolute Gasteiger partial charge is 0.243 e. The summed E-state index contributed by atoms with van der Waals surface area (Å²) in [6.45, 7) is 7.55. The van der Waals surface area contributed by atoms with Crippen molar-refractivity contribution >= 4 is 27.0 Å². The Bertz CT molecular complexity index is 1200. The van der Waals surface area contributed by atoms with Gasteiger partial charge in [0.2, 0.25) is 15.9 Å². The Morgan fingerprint density at radius 3 is 2.42 bits per heavy atom. The van der Waals surface area contributed by atoms with Crippen LogP contribution in [0.5, 0.6) is 0 Å². The number of hydrogen-bond acceptors (Lipinski definition) is 4. The molecule has 0 spiro atoms. The van der Waals surface area contributed by atoms with Crippen molar-refractivity contribution in [2.45, 2.75) is 58.0 Å². The maximum absolute atomic E-state index is 13.0. The van der Waals surface area contributed by atoms with Gasteiger partial charge in [0.05, 0.1) is 15.9 Å². The van der Waals surface area contributed by atoms with Gasteiger partial charge in [-0.15, -0.1) is 0 Å². The second-order valence-corrected chi connectivity index (χ2v) is 9.76. The minimum absolute atomic E-state index is 0.126. The summed E-state index contributed by atoms with van der Waals surface area (Å²) >= 11 is 0. The van der Waals surface area contributed by atoms with Gasteiger partial charge in [0.25, 0.3) is 0 Å². The van der Waals surface area contributed by atoms with E-state index in [2.05, 4.69) is 21.8 Å². The molecular weight excluding hydrogens is 443 g/mol. The van der Waals surface area contributed by atoms with Gasteiger partial charge in [-0.05, 0) is 42.3 Å². The van der Waals surface area contributed by atoms with Gasteiger partial charge < -0.3 is 9.88 Å². The lowest BCUT2D eigenvalue weighted by Crippen LogP contribution is -2.30. The molecule has 1 N–H and O–H groups in total. The minimum Gasteiger partial charge on any atom is -0.352 e. The van der Waals surface area contributed by atoms with E-state index < -0.39 is 10.0 Å². The van der Waals surface area contributed by atoms with Gasteiger partial charge >= 0.3 is 0 Å². The fourth-order valence-corrected chi connectivity index (χ4v) is 5.29. The van der Waals surface area contributed by atoms with Crippen LogP contribution < -0.4 is 5.32 Å². The molecule has 7 nitrogen and oxygen atoms in total. The first-order chi connectivity index (χ1) is 15.8. The van der Waals surface area contributed by atoms with E-state index >= 15 is 0 Å². The second kappa shape index (κ2) is 10.9. The van der Waals surface area contributed by atoms with Crippen molar-refractivity contribution in [3.63, 3.8) is 0 Å². The van der Waals surface area contributed by atoms with Crippen LogP contribution in [0.4, 0.5) is 4.39 Å². The highest BCUT2D eigenvalue weighted by Crippen LogP contribution is 2.24. The first-order valence-corrected chi connectivity index (χ1v) is 12.7. The van der Waals surface area contributed by atoms with Crippen molar-refractivity contribution in [1.82, 2.24) is 19.2 Å². The van der Waals surface area contributed by atoms with Crippen LogP contribution in [0.1, 0.15) is 45.0 Å². The molecule has 0 radical (unpaired) electrons. The Morgan fingerprint density at radius 2 is 1.79 bits per heavy atom. The van der Waals surface area contributed by atoms with Gasteiger partial charge in [0.1, 0.15) is 11.6 Å². The third-order valence-electron chi connectivity index (χ3n) is 5.57. The van der Waals surface area contributed by atoms with E-state index in [1.54, 1.807) is 30.3 Å². The fourth-order valence-electron chi connectivity index (χ4n) is 3.81. The van der Waals surface area contributed by atoms with E-state index in [1.165, 1.54) is 16.4 Å². The number of rotatable bonds is 11. The number of aromatic nitrogens is 2. The van der Waals surface area contributed by atoms with Crippen molar-refractivity contribution in [2.75, 3.05) is 13.1 Å². The molecule has 2 aromatic carbocycles. The Hall–Kier alpha value is -2.78. The molecule has 0 atom stereocenters. The average molecular weight is 475 g/mol. The van der Waals surface area contributed by atoms with Crippen molar-refractivity contribution in [3.05, 3.63) is 59.7 Å². The number of nitrogens with one attached hydrogen (secondary N) is 1. The van der Waals surface area contributed by atoms with E-state index in [9.17, 15) is 17.6 Å². The van der Waals surface area contributed by atoms with Gasteiger partial charge in [0.15, 0.2) is 0 Å². The number of amides is 1. The Morgan fingerprint density at radius 1 is 1.09 bits per heavy atom. The summed E-state index contributed by atoms with van der Waals surface area (Å²) in [5, 5.41) is 2.84. The van der Waals surface area contributed by atoms with Crippen molar-refractivity contribution in [3.8, 4) is 0 Å². The molecule has 0 fully saturated rings. The molecule has 1 heterocycles. The number of imidazole rings is 1.